The molecule has 6 heteroatoms. The summed E-state index contributed by atoms with van der Waals surface area (Å²) in [5, 5.41) is 0.787. The fraction of sp³-hybridized carbons (Fsp3) is 0.533. The van der Waals surface area contributed by atoms with E-state index in [1.807, 2.05) is 0 Å². The molecule has 21 heavy (non-hydrogen) atoms. The van der Waals surface area contributed by atoms with E-state index in [9.17, 15) is 4.79 Å². The Bertz CT molecular complexity index is 687. The number of ether oxygens (including phenoxy) is 1. The van der Waals surface area contributed by atoms with Crippen LogP contribution in [0, 0.1) is 11.8 Å². The van der Waals surface area contributed by atoms with Crippen LogP contribution in [-0.2, 0) is 4.74 Å². The van der Waals surface area contributed by atoms with Crippen molar-refractivity contribution in [3.05, 3.63) is 18.0 Å². The van der Waals surface area contributed by atoms with Gasteiger partial charge in [-0.2, -0.15) is 4.37 Å². The number of rotatable bonds is 2. The molecule has 0 amide bonds. The normalized spacial score (nSPS) is 24.5. The van der Waals surface area contributed by atoms with Crippen molar-refractivity contribution in [3.63, 3.8) is 0 Å². The van der Waals surface area contributed by atoms with Gasteiger partial charge in [0.1, 0.15) is 5.82 Å². The van der Waals surface area contributed by atoms with E-state index >= 15 is 0 Å². The number of esters is 1. The van der Waals surface area contributed by atoms with Gasteiger partial charge >= 0.3 is 5.97 Å². The van der Waals surface area contributed by atoms with Crippen LogP contribution in [0.3, 0.4) is 0 Å². The number of carbonyl (C=O) groups is 1. The van der Waals surface area contributed by atoms with Crippen molar-refractivity contribution >= 4 is 33.4 Å². The minimum atomic E-state index is -0.397. The zero-order valence-electron chi connectivity index (χ0n) is 11.9. The maximum absolute atomic E-state index is 11.6. The summed E-state index contributed by atoms with van der Waals surface area (Å²) < 4.78 is 9.95. The topological polar surface area (TPSA) is 55.3 Å². The molecule has 2 aliphatic rings. The molecule has 0 radical (unpaired) electrons. The van der Waals surface area contributed by atoms with Crippen molar-refractivity contribution in [2.75, 3.05) is 25.1 Å². The predicted molar refractivity (Wildman–Crippen MR) is 81.8 cm³/mol. The van der Waals surface area contributed by atoms with E-state index in [4.69, 9.17) is 4.74 Å². The quantitative estimate of drug-likeness (QED) is 0.798. The first kappa shape index (κ1) is 13.0. The van der Waals surface area contributed by atoms with Gasteiger partial charge in [-0.3, -0.25) is 0 Å². The Hall–Kier alpha value is -1.69. The van der Waals surface area contributed by atoms with Crippen molar-refractivity contribution in [1.82, 2.24) is 9.36 Å². The lowest BCUT2D eigenvalue weighted by Gasteiger charge is -2.18. The number of aromatic nitrogens is 2. The summed E-state index contributed by atoms with van der Waals surface area (Å²) >= 11 is 1.33. The van der Waals surface area contributed by atoms with E-state index in [0.29, 0.717) is 5.69 Å². The SMILES string of the molecule is COC(=O)c1nsc2cc(N3CC4CCCC4C3)ncc12. The molecule has 5 nitrogen and oxygen atoms in total. The fourth-order valence-electron chi connectivity index (χ4n) is 3.66. The average molecular weight is 303 g/mol. The highest BCUT2D eigenvalue weighted by atomic mass is 32.1. The molecule has 1 saturated carbocycles. The molecule has 0 aromatic carbocycles. The van der Waals surface area contributed by atoms with Crippen molar-refractivity contribution in [2.24, 2.45) is 11.8 Å². The molecule has 2 unspecified atom stereocenters. The van der Waals surface area contributed by atoms with Crippen LogP contribution >= 0.6 is 11.5 Å². The zero-order valence-corrected chi connectivity index (χ0v) is 12.7. The maximum atomic E-state index is 11.6. The summed E-state index contributed by atoms with van der Waals surface area (Å²) in [6, 6.07) is 2.06. The van der Waals surface area contributed by atoms with Crippen molar-refractivity contribution in [2.45, 2.75) is 19.3 Å². The number of fused-ring (bicyclic) bond motifs is 2. The van der Waals surface area contributed by atoms with E-state index in [-0.39, 0.29) is 0 Å². The van der Waals surface area contributed by atoms with Gasteiger partial charge in [0.15, 0.2) is 5.69 Å². The van der Waals surface area contributed by atoms with Crippen LogP contribution in [0.5, 0.6) is 0 Å². The molecule has 2 fully saturated rings. The molecule has 4 rings (SSSR count). The number of hydrogen-bond acceptors (Lipinski definition) is 6. The first-order valence-electron chi connectivity index (χ1n) is 7.35. The van der Waals surface area contributed by atoms with Gasteiger partial charge in [0.2, 0.25) is 0 Å². The van der Waals surface area contributed by atoms with E-state index in [2.05, 4.69) is 20.3 Å². The first-order chi connectivity index (χ1) is 10.3. The van der Waals surface area contributed by atoms with Gasteiger partial charge in [0, 0.05) is 30.7 Å². The Morgan fingerprint density at radius 2 is 2.14 bits per heavy atom. The molecular formula is C15H17N3O2S. The minimum Gasteiger partial charge on any atom is -0.464 e. The highest BCUT2D eigenvalue weighted by Gasteiger charge is 2.36. The van der Waals surface area contributed by atoms with E-state index < -0.39 is 5.97 Å². The number of methoxy groups -OCH3 is 1. The van der Waals surface area contributed by atoms with Gasteiger partial charge in [0.25, 0.3) is 0 Å². The summed E-state index contributed by atoms with van der Waals surface area (Å²) in [5.41, 5.74) is 0.370. The van der Waals surface area contributed by atoms with Gasteiger partial charge < -0.3 is 9.64 Å². The minimum absolute atomic E-state index is 0.370. The third kappa shape index (κ3) is 2.09. The molecule has 2 aromatic rings. The second kappa shape index (κ2) is 4.94. The highest BCUT2D eigenvalue weighted by molar-refractivity contribution is 7.13. The second-order valence-corrected chi connectivity index (χ2v) is 6.72. The van der Waals surface area contributed by atoms with Crippen molar-refractivity contribution < 1.29 is 9.53 Å². The van der Waals surface area contributed by atoms with Crippen LogP contribution in [-0.4, -0.2) is 35.5 Å². The zero-order chi connectivity index (χ0) is 14.4. The largest absolute Gasteiger partial charge is 0.464 e. The maximum Gasteiger partial charge on any atom is 0.358 e. The summed E-state index contributed by atoms with van der Waals surface area (Å²) in [5.74, 6) is 2.30. The highest BCUT2D eigenvalue weighted by Crippen LogP contribution is 2.39. The van der Waals surface area contributed by atoms with Crippen LogP contribution in [0.1, 0.15) is 29.8 Å². The molecule has 1 aliphatic carbocycles. The molecule has 1 aliphatic heterocycles. The average Bonchev–Trinajstić information content (AvgIpc) is 3.19. The van der Waals surface area contributed by atoms with Gasteiger partial charge in [-0.25, -0.2) is 9.78 Å². The number of nitrogens with zero attached hydrogens (tertiary/aromatic N) is 3. The van der Waals surface area contributed by atoms with E-state index in [0.717, 1.165) is 40.8 Å². The summed E-state index contributed by atoms with van der Waals surface area (Å²) in [6.45, 7) is 2.23. The molecule has 0 bridgehead atoms. The summed E-state index contributed by atoms with van der Waals surface area (Å²) in [6.07, 6.45) is 5.86. The first-order valence-corrected chi connectivity index (χ1v) is 8.12. The molecule has 110 valence electrons. The Kier molecular flexibility index (Phi) is 3.06. The van der Waals surface area contributed by atoms with E-state index in [1.54, 1.807) is 6.20 Å². The Labute approximate surface area is 127 Å². The van der Waals surface area contributed by atoms with Gasteiger partial charge in [-0.05, 0) is 36.2 Å². The molecule has 0 spiro atoms. The fourth-order valence-corrected chi connectivity index (χ4v) is 4.43. The Morgan fingerprint density at radius 3 is 2.86 bits per heavy atom. The lowest BCUT2D eigenvalue weighted by Crippen LogP contribution is -2.21. The Morgan fingerprint density at radius 1 is 1.38 bits per heavy atom. The van der Waals surface area contributed by atoms with Crippen LogP contribution in [0.15, 0.2) is 12.3 Å². The van der Waals surface area contributed by atoms with Crippen LogP contribution in [0.4, 0.5) is 5.82 Å². The molecule has 0 N–H and O–H groups in total. The Balaban J connectivity index is 1.64. The molecular weight excluding hydrogens is 286 g/mol. The smallest absolute Gasteiger partial charge is 0.358 e. The van der Waals surface area contributed by atoms with E-state index in [1.165, 1.54) is 37.9 Å². The molecule has 3 heterocycles. The van der Waals surface area contributed by atoms with Gasteiger partial charge in [0.05, 0.1) is 11.8 Å². The molecule has 2 atom stereocenters. The predicted octanol–water partition coefficient (Wildman–Crippen LogP) is 2.71. The second-order valence-electron chi connectivity index (χ2n) is 5.92. The lowest BCUT2D eigenvalue weighted by molar-refractivity contribution is 0.0598. The molecule has 2 aromatic heterocycles. The summed E-state index contributed by atoms with van der Waals surface area (Å²) in [7, 11) is 1.37. The number of pyridine rings is 1. The number of anilines is 1. The third-order valence-corrected chi connectivity index (χ3v) is 5.58. The lowest BCUT2D eigenvalue weighted by atomic mass is 10.0. The van der Waals surface area contributed by atoms with Crippen LogP contribution < -0.4 is 4.90 Å². The third-order valence-electron chi connectivity index (χ3n) is 4.77. The standard InChI is InChI=1S/C15H17N3O2S/c1-20-15(19)14-11-6-16-13(5-12(11)21-17-14)18-7-9-3-2-4-10(9)8-18/h5-6,9-10H,2-4,7-8H2,1H3. The van der Waals surface area contributed by atoms with Crippen molar-refractivity contribution in [3.8, 4) is 0 Å². The monoisotopic (exact) mass is 303 g/mol. The van der Waals surface area contributed by atoms with Crippen LogP contribution in [0.2, 0.25) is 0 Å². The van der Waals surface area contributed by atoms with Crippen LogP contribution in [0.25, 0.3) is 10.1 Å². The van der Waals surface area contributed by atoms with Crippen molar-refractivity contribution in [1.29, 1.82) is 0 Å². The van der Waals surface area contributed by atoms with Gasteiger partial charge in [-0.15, -0.1) is 0 Å². The molecule has 1 saturated heterocycles. The number of hydrogen-bond donors (Lipinski definition) is 0. The number of carbonyl (C=O) groups excluding carboxylic acids is 1. The summed E-state index contributed by atoms with van der Waals surface area (Å²) in [4.78, 5) is 18.6. The van der Waals surface area contributed by atoms with Gasteiger partial charge in [-0.1, -0.05) is 6.42 Å².